The molecule has 0 amide bonds. The largest absolute Gasteiger partial charge is 0.481 e. The van der Waals surface area contributed by atoms with Crippen LogP contribution >= 0.6 is 0 Å². The second kappa shape index (κ2) is 11.3. The summed E-state index contributed by atoms with van der Waals surface area (Å²) in [4.78, 5) is 11.7. The van der Waals surface area contributed by atoms with Crippen LogP contribution in [-0.4, -0.2) is 28.3 Å². The minimum absolute atomic E-state index is 0. The van der Waals surface area contributed by atoms with Gasteiger partial charge in [-0.1, -0.05) is 60.0 Å². The van der Waals surface area contributed by atoms with Crippen molar-refractivity contribution < 1.29 is 41.5 Å². The first-order valence-electron chi connectivity index (χ1n) is 12.2. The number of aliphatic carboxylic acids is 1. The first-order chi connectivity index (χ1) is 13.6. The van der Waals surface area contributed by atoms with Gasteiger partial charge in [-0.2, -0.15) is 0 Å². The Hall–Kier alpha value is -0.182. The molecular weight excluding hydrogens is 560 g/mol. The number of aliphatic hydroxyl groups excluding tert-OH is 1. The van der Waals surface area contributed by atoms with E-state index >= 15 is 0 Å². The van der Waals surface area contributed by atoms with Crippen molar-refractivity contribution in [2.45, 2.75) is 92.4 Å². The van der Waals surface area contributed by atoms with Gasteiger partial charge in [0, 0.05) is 26.5 Å². The van der Waals surface area contributed by atoms with E-state index in [2.05, 4.69) is 40.7 Å². The first kappa shape index (κ1) is 28.9. The van der Waals surface area contributed by atoms with E-state index in [0.717, 1.165) is 36.2 Å². The maximum absolute atomic E-state index is 11.7. The van der Waals surface area contributed by atoms with Crippen LogP contribution in [0.5, 0.6) is 0 Å². The zero-order chi connectivity index (χ0) is 21.4. The molecule has 0 aromatic carbocycles. The Morgan fingerprint density at radius 3 is 2.39 bits per heavy atom. The molecule has 0 saturated heterocycles. The van der Waals surface area contributed by atoms with E-state index in [0.29, 0.717) is 23.2 Å². The molecule has 3 aliphatic carbocycles. The molecule has 31 heavy (non-hydrogen) atoms. The van der Waals surface area contributed by atoms with Crippen molar-refractivity contribution in [3.8, 4) is 0 Å². The van der Waals surface area contributed by atoms with E-state index in [1.807, 2.05) is 0 Å². The summed E-state index contributed by atoms with van der Waals surface area (Å²) in [5.74, 6) is 3.37. The van der Waals surface area contributed by atoms with Gasteiger partial charge >= 0.3 is 5.97 Å². The number of fused-ring (bicyclic) bond motifs is 3. The molecule has 7 atom stereocenters. The third kappa shape index (κ3) is 5.49. The molecule has 2 fully saturated rings. The summed E-state index contributed by atoms with van der Waals surface area (Å²) in [7, 11) is 0. The van der Waals surface area contributed by atoms with E-state index in [4.69, 9.17) is 0 Å². The van der Waals surface area contributed by atoms with E-state index in [-0.39, 0.29) is 45.0 Å². The quantitative estimate of drug-likeness (QED) is 0.359. The molecule has 3 rings (SSSR count). The van der Waals surface area contributed by atoms with Gasteiger partial charge in [0.2, 0.25) is 0 Å². The maximum atomic E-state index is 11.7. The zero-order valence-corrected chi connectivity index (χ0v) is 23.3. The summed E-state index contributed by atoms with van der Waals surface area (Å²) in [6.07, 6.45) is 12.4. The standard InChI is InChI=1S/C26H44O3.H2O.W/c1-17(2)7-6-8-18(3)21-11-12-22-20-10-9-19(16-27)26(5,15-24(28)29)23(20)13-14-25(21,22)4;;/h9,17-18,20-23,27H,6-8,10-16H2,1-5H3,(H,28,29);1H2;. The Balaban J connectivity index is 0.00000240. The summed E-state index contributed by atoms with van der Waals surface area (Å²) in [6, 6.07) is 0. The Kier molecular flexibility index (Phi) is 10.5. The second-order valence-corrected chi connectivity index (χ2v) is 11.5. The molecule has 5 heteroatoms. The van der Waals surface area contributed by atoms with Crippen LogP contribution in [-0.2, 0) is 25.9 Å². The third-order valence-corrected chi connectivity index (χ3v) is 9.52. The third-order valence-electron chi connectivity index (χ3n) is 9.52. The van der Waals surface area contributed by atoms with Crippen LogP contribution in [0.4, 0.5) is 0 Å². The van der Waals surface area contributed by atoms with Gasteiger partial charge in [-0.15, -0.1) is 0 Å². The number of hydrogen-bond acceptors (Lipinski definition) is 2. The van der Waals surface area contributed by atoms with Crippen LogP contribution in [0.1, 0.15) is 92.4 Å². The molecule has 0 spiro atoms. The van der Waals surface area contributed by atoms with Crippen LogP contribution < -0.4 is 0 Å². The Labute approximate surface area is 204 Å². The summed E-state index contributed by atoms with van der Waals surface area (Å²) in [6.45, 7) is 11.8. The molecule has 0 heterocycles. The number of carboxylic acid groups (broad SMARTS) is 1. The van der Waals surface area contributed by atoms with Crippen LogP contribution in [0, 0.1) is 46.3 Å². The molecule has 3 aliphatic rings. The Morgan fingerprint density at radius 1 is 1.13 bits per heavy atom. The van der Waals surface area contributed by atoms with Gasteiger partial charge < -0.3 is 15.7 Å². The molecule has 2 saturated carbocycles. The fourth-order valence-electron chi connectivity index (χ4n) is 7.99. The van der Waals surface area contributed by atoms with Crippen molar-refractivity contribution in [3.63, 3.8) is 0 Å². The van der Waals surface area contributed by atoms with Crippen LogP contribution in [0.2, 0.25) is 0 Å². The number of hydrogen-bond donors (Lipinski definition) is 2. The smallest absolute Gasteiger partial charge is 0.304 e. The monoisotopic (exact) mass is 606 g/mol. The zero-order valence-electron chi connectivity index (χ0n) is 20.3. The number of carboxylic acids is 1. The molecule has 7 unspecified atom stereocenters. The number of rotatable bonds is 8. The predicted octanol–water partition coefficient (Wildman–Crippen LogP) is 5.48. The molecule has 0 aromatic rings. The average Bonchev–Trinajstić information content (AvgIpc) is 2.98. The van der Waals surface area contributed by atoms with Crippen molar-refractivity contribution in [3.05, 3.63) is 11.6 Å². The van der Waals surface area contributed by atoms with Gasteiger partial charge in [0.1, 0.15) is 0 Å². The van der Waals surface area contributed by atoms with Gasteiger partial charge in [0.05, 0.1) is 13.0 Å². The molecule has 0 aromatic heterocycles. The summed E-state index contributed by atoms with van der Waals surface area (Å²) in [5.41, 5.74) is 1.00. The Bertz CT molecular complexity index is 633. The van der Waals surface area contributed by atoms with Crippen molar-refractivity contribution in [2.24, 2.45) is 46.3 Å². The number of allylic oxidation sites excluding steroid dienone is 1. The van der Waals surface area contributed by atoms with Gasteiger partial charge in [0.15, 0.2) is 0 Å². The second-order valence-electron chi connectivity index (χ2n) is 11.5. The van der Waals surface area contributed by atoms with Crippen LogP contribution in [0.15, 0.2) is 11.6 Å². The number of carbonyl (C=O) groups is 1. The van der Waals surface area contributed by atoms with E-state index < -0.39 is 5.97 Å². The minimum atomic E-state index is -0.732. The maximum Gasteiger partial charge on any atom is 0.304 e. The molecule has 4 nitrogen and oxygen atoms in total. The van der Waals surface area contributed by atoms with Crippen molar-refractivity contribution in [2.75, 3.05) is 6.61 Å². The molecule has 0 aliphatic heterocycles. The van der Waals surface area contributed by atoms with Crippen molar-refractivity contribution >= 4 is 5.97 Å². The molecule has 0 bridgehead atoms. The minimum Gasteiger partial charge on any atom is -0.481 e. The molecular formula is C26H46O4W. The van der Waals surface area contributed by atoms with Crippen molar-refractivity contribution in [1.82, 2.24) is 0 Å². The van der Waals surface area contributed by atoms with Crippen LogP contribution in [0.25, 0.3) is 0 Å². The normalized spacial score (nSPS) is 37.7. The van der Waals surface area contributed by atoms with E-state index in [1.165, 1.54) is 38.5 Å². The molecule has 180 valence electrons. The fourth-order valence-corrected chi connectivity index (χ4v) is 7.99. The van der Waals surface area contributed by atoms with E-state index in [9.17, 15) is 15.0 Å². The van der Waals surface area contributed by atoms with E-state index in [1.54, 1.807) is 0 Å². The van der Waals surface area contributed by atoms with Gasteiger partial charge in [-0.3, -0.25) is 4.79 Å². The molecule has 4 N–H and O–H groups in total. The topological polar surface area (TPSA) is 89.0 Å². The average molecular weight is 606 g/mol. The Morgan fingerprint density at radius 2 is 1.81 bits per heavy atom. The van der Waals surface area contributed by atoms with Gasteiger partial charge in [-0.05, 0) is 78.6 Å². The summed E-state index contributed by atoms with van der Waals surface area (Å²) >= 11 is 0. The summed E-state index contributed by atoms with van der Waals surface area (Å²) < 4.78 is 0. The van der Waals surface area contributed by atoms with Crippen LogP contribution in [0.3, 0.4) is 0 Å². The summed E-state index contributed by atoms with van der Waals surface area (Å²) in [5, 5.41) is 19.5. The van der Waals surface area contributed by atoms with Gasteiger partial charge in [0.25, 0.3) is 0 Å². The fraction of sp³-hybridized carbons (Fsp3) is 0.885. The molecule has 0 radical (unpaired) electrons. The number of aliphatic hydroxyl groups is 1. The SMILES string of the molecule is CC(C)CCCC(C)C1CCC2C3CC=C(CO)C(C)(CC(=O)O)C3CCC12C.O.[W]. The first-order valence-corrected chi connectivity index (χ1v) is 12.2. The predicted molar refractivity (Wildman–Crippen MR) is 122 cm³/mol. The van der Waals surface area contributed by atoms with Crippen molar-refractivity contribution in [1.29, 1.82) is 0 Å². The van der Waals surface area contributed by atoms with Gasteiger partial charge in [-0.25, -0.2) is 0 Å².